The third-order valence-corrected chi connectivity index (χ3v) is 4.73. The van der Waals surface area contributed by atoms with Gasteiger partial charge in [0.15, 0.2) is 0 Å². The van der Waals surface area contributed by atoms with Gasteiger partial charge in [0.2, 0.25) is 0 Å². The Morgan fingerprint density at radius 1 is 1.40 bits per heavy atom. The van der Waals surface area contributed by atoms with Crippen LogP contribution in [0, 0.1) is 6.92 Å². The summed E-state index contributed by atoms with van der Waals surface area (Å²) in [5.41, 5.74) is 1.77. The lowest BCUT2D eigenvalue weighted by molar-refractivity contribution is -0.137. The molecule has 108 valence electrons. The quantitative estimate of drug-likeness (QED) is 0.798. The number of likely N-dealkylation sites (tertiary alicyclic amines) is 1. The van der Waals surface area contributed by atoms with Crippen molar-refractivity contribution >= 4 is 23.6 Å². The van der Waals surface area contributed by atoms with E-state index in [4.69, 9.17) is 0 Å². The molecular formula is C15H19NO3S. The van der Waals surface area contributed by atoms with Gasteiger partial charge in [-0.2, -0.15) is 0 Å². The van der Waals surface area contributed by atoms with Gasteiger partial charge < -0.3 is 9.64 Å². The maximum atomic E-state index is 12.4. The first kappa shape index (κ1) is 14.9. The lowest BCUT2D eigenvalue weighted by atomic mass is 10.1. The van der Waals surface area contributed by atoms with E-state index in [-0.39, 0.29) is 11.9 Å². The predicted molar refractivity (Wildman–Crippen MR) is 80.0 cm³/mol. The maximum absolute atomic E-state index is 12.4. The Morgan fingerprint density at radius 3 is 2.85 bits per heavy atom. The monoisotopic (exact) mass is 293 g/mol. The summed E-state index contributed by atoms with van der Waals surface area (Å²) >= 11 is 1.57. The van der Waals surface area contributed by atoms with Crippen molar-refractivity contribution < 1.29 is 14.3 Å². The minimum absolute atomic E-state index is 0.0873. The standard InChI is InChI=1S/C15H19NO3S/c1-11-5-3-4-6-13(11)15(18)16-8-7-12(9-16)20-10-14(17)19-2/h3-6,12H,7-10H2,1-2H3. The molecule has 0 N–H and O–H groups in total. The first-order valence-electron chi connectivity index (χ1n) is 6.65. The van der Waals surface area contributed by atoms with Gasteiger partial charge in [0.05, 0.1) is 12.9 Å². The van der Waals surface area contributed by atoms with Crippen LogP contribution >= 0.6 is 11.8 Å². The molecule has 1 unspecified atom stereocenters. The van der Waals surface area contributed by atoms with Gasteiger partial charge in [-0.3, -0.25) is 9.59 Å². The molecule has 0 radical (unpaired) electrons. The van der Waals surface area contributed by atoms with E-state index >= 15 is 0 Å². The number of carbonyl (C=O) groups excluding carboxylic acids is 2. The number of methoxy groups -OCH3 is 1. The molecule has 0 aromatic heterocycles. The predicted octanol–water partition coefficient (Wildman–Crippen LogP) is 2.12. The number of hydrogen-bond donors (Lipinski definition) is 0. The number of amides is 1. The van der Waals surface area contributed by atoms with Gasteiger partial charge >= 0.3 is 5.97 Å². The molecule has 1 aromatic carbocycles. The maximum Gasteiger partial charge on any atom is 0.315 e. The zero-order valence-corrected chi connectivity index (χ0v) is 12.6. The van der Waals surface area contributed by atoms with Crippen molar-refractivity contribution in [3.63, 3.8) is 0 Å². The van der Waals surface area contributed by atoms with E-state index < -0.39 is 0 Å². The highest BCUT2D eigenvalue weighted by Crippen LogP contribution is 2.24. The molecule has 20 heavy (non-hydrogen) atoms. The molecule has 1 fully saturated rings. The van der Waals surface area contributed by atoms with Crippen LogP contribution in [0.1, 0.15) is 22.3 Å². The Hall–Kier alpha value is -1.49. The van der Waals surface area contributed by atoms with E-state index in [1.54, 1.807) is 11.8 Å². The average molecular weight is 293 g/mol. The lowest BCUT2D eigenvalue weighted by Gasteiger charge is -2.17. The molecule has 1 aliphatic heterocycles. The van der Waals surface area contributed by atoms with Crippen LogP contribution in [-0.4, -0.2) is 48.0 Å². The van der Waals surface area contributed by atoms with Gasteiger partial charge in [-0.1, -0.05) is 18.2 Å². The molecule has 0 saturated carbocycles. The number of esters is 1. The Balaban J connectivity index is 1.91. The van der Waals surface area contributed by atoms with E-state index in [9.17, 15) is 9.59 Å². The SMILES string of the molecule is COC(=O)CSC1CCN(C(=O)c2ccccc2C)C1. The van der Waals surface area contributed by atoms with Crippen molar-refractivity contribution in [2.75, 3.05) is 26.0 Å². The Kier molecular flexibility index (Phi) is 5.06. The highest BCUT2D eigenvalue weighted by molar-refractivity contribution is 8.00. The molecule has 4 nitrogen and oxygen atoms in total. The van der Waals surface area contributed by atoms with Crippen molar-refractivity contribution in [2.24, 2.45) is 0 Å². The van der Waals surface area contributed by atoms with Crippen molar-refractivity contribution in [2.45, 2.75) is 18.6 Å². The topological polar surface area (TPSA) is 46.6 Å². The van der Waals surface area contributed by atoms with E-state index in [2.05, 4.69) is 4.74 Å². The Labute approximate surface area is 123 Å². The van der Waals surface area contributed by atoms with Gasteiger partial charge in [-0.25, -0.2) is 0 Å². The van der Waals surface area contributed by atoms with Crippen LogP contribution in [0.3, 0.4) is 0 Å². The third kappa shape index (κ3) is 3.54. The number of nitrogens with zero attached hydrogens (tertiary/aromatic N) is 1. The molecule has 0 bridgehead atoms. The minimum atomic E-state index is -0.210. The summed E-state index contributed by atoms with van der Waals surface area (Å²) in [6.45, 7) is 3.41. The summed E-state index contributed by atoms with van der Waals surface area (Å²) in [6, 6.07) is 7.64. The Morgan fingerprint density at radius 2 is 2.15 bits per heavy atom. The number of hydrogen-bond acceptors (Lipinski definition) is 4. The van der Waals surface area contributed by atoms with E-state index in [0.717, 1.165) is 24.1 Å². The normalized spacial score (nSPS) is 18.1. The highest BCUT2D eigenvalue weighted by atomic mass is 32.2. The number of thioether (sulfide) groups is 1. The van der Waals surface area contributed by atoms with Crippen molar-refractivity contribution in [3.8, 4) is 0 Å². The second kappa shape index (κ2) is 6.79. The van der Waals surface area contributed by atoms with Crippen LogP contribution in [0.25, 0.3) is 0 Å². The molecule has 1 aliphatic rings. The molecule has 1 amide bonds. The number of ether oxygens (including phenoxy) is 1. The van der Waals surface area contributed by atoms with E-state index in [1.165, 1.54) is 7.11 Å². The van der Waals surface area contributed by atoms with Gasteiger partial charge in [-0.15, -0.1) is 11.8 Å². The van der Waals surface area contributed by atoms with Gasteiger partial charge in [-0.05, 0) is 25.0 Å². The fourth-order valence-corrected chi connectivity index (χ4v) is 3.32. The number of aryl methyl sites for hydroxylation is 1. The first-order chi connectivity index (χ1) is 9.61. The van der Waals surface area contributed by atoms with Gasteiger partial charge in [0, 0.05) is 23.9 Å². The third-order valence-electron chi connectivity index (χ3n) is 3.47. The van der Waals surface area contributed by atoms with Crippen LogP contribution in [0.2, 0.25) is 0 Å². The average Bonchev–Trinajstić information content (AvgIpc) is 2.93. The van der Waals surface area contributed by atoms with E-state index in [0.29, 0.717) is 17.5 Å². The fraction of sp³-hybridized carbons (Fsp3) is 0.467. The van der Waals surface area contributed by atoms with Crippen LogP contribution in [-0.2, 0) is 9.53 Å². The zero-order valence-electron chi connectivity index (χ0n) is 11.8. The number of rotatable bonds is 4. The lowest BCUT2D eigenvalue weighted by Crippen LogP contribution is -2.29. The molecule has 0 aliphatic carbocycles. The molecule has 5 heteroatoms. The first-order valence-corrected chi connectivity index (χ1v) is 7.70. The van der Waals surface area contributed by atoms with Crippen LogP contribution in [0.4, 0.5) is 0 Å². The van der Waals surface area contributed by atoms with Crippen molar-refractivity contribution in [1.82, 2.24) is 4.90 Å². The molecule has 1 heterocycles. The highest BCUT2D eigenvalue weighted by Gasteiger charge is 2.28. The summed E-state index contributed by atoms with van der Waals surface area (Å²) in [7, 11) is 1.39. The number of carbonyl (C=O) groups is 2. The van der Waals surface area contributed by atoms with Crippen LogP contribution in [0.15, 0.2) is 24.3 Å². The van der Waals surface area contributed by atoms with Crippen molar-refractivity contribution in [1.29, 1.82) is 0 Å². The molecule has 1 saturated heterocycles. The molecule has 0 spiro atoms. The van der Waals surface area contributed by atoms with Crippen LogP contribution in [0.5, 0.6) is 0 Å². The molecular weight excluding hydrogens is 274 g/mol. The van der Waals surface area contributed by atoms with Crippen LogP contribution < -0.4 is 0 Å². The summed E-state index contributed by atoms with van der Waals surface area (Å²) < 4.78 is 4.63. The minimum Gasteiger partial charge on any atom is -0.468 e. The second-order valence-electron chi connectivity index (χ2n) is 4.86. The summed E-state index contributed by atoms with van der Waals surface area (Å²) in [6.07, 6.45) is 0.930. The summed E-state index contributed by atoms with van der Waals surface area (Å²) in [5, 5.41) is 0.321. The second-order valence-corrected chi connectivity index (χ2v) is 6.15. The van der Waals surface area contributed by atoms with Crippen molar-refractivity contribution in [3.05, 3.63) is 35.4 Å². The number of benzene rings is 1. The smallest absolute Gasteiger partial charge is 0.315 e. The molecule has 2 rings (SSSR count). The van der Waals surface area contributed by atoms with Gasteiger partial charge in [0.1, 0.15) is 0 Å². The zero-order chi connectivity index (χ0) is 14.5. The largest absolute Gasteiger partial charge is 0.468 e. The Bertz CT molecular complexity index is 504. The molecule has 1 aromatic rings. The molecule has 1 atom stereocenters. The summed E-state index contributed by atoms with van der Waals surface area (Å²) in [5.74, 6) is 0.232. The summed E-state index contributed by atoms with van der Waals surface area (Å²) in [4.78, 5) is 25.4. The van der Waals surface area contributed by atoms with Gasteiger partial charge in [0.25, 0.3) is 5.91 Å². The fourth-order valence-electron chi connectivity index (χ4n) is 2.28. The van der Waals surface area contributed by atoms with E-state index in [1.807, 2.05) is 36.1 Å².